The van der Waals surface area contributed by atoms with Crippen LogP contribution in [0.1, 0.15) is 29.2 Å². The second-order valence-electron chi connectivity index (χ2n) is 6.73. The molecular formula is C24H23BrINO2. The van der Waals surface area contributed by atoms with Gasteiger partial charge in [-0.1, -0.05) is 40.2 Å². The average Bonchev–Trinajstić information content (AvgIpc) is 2.69. The Hall–Kier alpha value is -1.86. The Morgan fingerprint density at radius 2 is 1.76 bits per heavy atom. The monoisotopic (exact) mass is 563 g/mol. The Morgan fingerprint density at radius 3 is 2.48 bits per heavy atom. The van der Waals surface area contributed by atoms with Crippen molar-refractivity contribution in [2.24, 2.45) is 4.99 Å². The molecular weight excluding hydrogens is 541 g/mol. The highest BCUT2D eigenvalue weighted by atomic mass is 127. The lowest BCUT2D eigenvalue weighted by atomic mass is 10.1. The van der Waals surface area contributed by atoms with Gasteiger partial charge in [0.1, 0.15) is 6.61 Å². The number of aliphatic imine (C=N–C) groups is 1. The lowest BCUT2D eigenvalue weighted by Gasteiger charge is -2.15. The minimum Gasteiger partial charge on any atom is -0.490 e. The van der Waals surface area contributed by atoms with Crippen molar-refractivity contribution in [1.29, 1.82) is 0 Å². The summed E-state index contributed by atoms with van der Waals surface area (Å²) in [4.78, 5) is 4.68. The van der Waals surface area contributed by atoms with Crippen LogP contribution < -0.4 is 9.47 Å². The van der Waals surface area contributed by atoms with Crippen molar-refractivity contribution < 1.29 is 9.47 Å². The van der Waals surface area contributed by atoms with Gasteiger partial charge in [0, 0.05) is 10.7 Å². The summed E-state index contributed by atoms with van der Waals surface area (Å²) in [5.41, 5.74) is 5.42. The van der Waals surface area contributed by atoms with E-state index < -0.39 is 0 Å². The molecule has 0 bridgehead atoms. The highest BCUT2D eigenvalue weighted by Crippen LogP contribution is 2.35. The highest BCUT2D eigenvalue weighted by molar-refractivity contribution is 14.1. The van der Waals surface area contributed by atoms with E-state index in [4.69, 9.17) is 9.47 Å². The summed E-state index contributed by atoms with van der Waals surface area (Å²) in [6.07, 6.45) is 1.88. The van der Waals surface area contributed by atoms with Crippen molar-refractivity contribution in [2.45, 2.75) is 27.4 Å². The fraction of sp³-hybridized carbons (Fsp3) is 0.208. The number of rotatable bonds is 7. The van der Waals surface area contributed by atoms with Gasteiger partial charge >= 0.3 is 0 Å². The van der Waals surface area contributed by atoms with Crippen molar-refractivity contribution >= 4 is 50.4 Å². The smallest absolute Gasteiger partial charge is 0.175 e. The Kier molecular flexibility index (Phi) is 7.72. The number of benzene rings is 3. The standard InChI is InChI=1S/C24H23BrINO2/c1-4-28-23-13-19(14-27-22-11-16(2)5-6-17(22)3)12-21(26)24(23)29-15-18-7-9-20(25)10-8-18/h5-14H,4,15H2,1-3H3. The van der Waals surface area contributed by atoms with E-state index in [-0.39, 0.29) is 0 Å². The summed E-state index contributed by atoms with van der Waals surface area (Å²) in [7, 11) is 0. The zero-order valence-electron chi connectivity index (χ0n) is 16.7. The molecule has 150 valence electrons. The third-order valence-corrected chi connectivity index (χ3v) is 5.68. The summed E-state index contributed by atoms with van der Waals surface area (Å²) in [5.74, 6) is 1.50. The normalized spacial score (nSPS) is 11.1. The van der Waals surface area contributed by atoms with Crippen molar-refractivity contribution in [3.63, 3.8) is 0 Å². The molecule has 0 fully saturated rings. The van der Waals surface area contributed by atoms with Gasteiger partial charge < -0.3 is 9.47 Å². The molecule has 0 aliphatic carbocycles. The number of halogens is 2. The van der Waals surface area contributed by atoms with Crippen LogP contribution in [-0.2, 0) is 6.61 Å². The summed E-state index contributed by atoms with van der Waals surface area (Å²) in [6.45, 7) is 7.18. The molecule has 0 spiro atoms. The Balaban J connectivity index is 1.84. The maximum absolute atomic E-state index is 6.11. The third kappa shape index (κ3) is 6.06. The van der Waals surface area contributed by atoms with Crippen LogP contribution >= 0.6 is 38.5 Å². The molecule has 0 unspecified atom stereocenters. The van der Waals surface area contributed by atoms with E-state index in [1.165, 1.54) is 5.56 Å². The number of hydrogen-bond donors (Lipinski definition) is 0. The second kappa shape index (κ2) is 10.3. The second-order valence-corrected chi connectivity index (χ2v) is 8.80. The van der Waals surface area contributed by atoms with Crippen molar-refractivity contribution in [1.82, 2.24) is 0 Å². The Bertz CT molecular complexity index is 1020. The molecule has 0 aromatic heterocycles. The van der Waals surface area contributed by atoms with E-state index in [0.29, 0.717) is 13.2 Å². The molecule has 3 aromatic rings. The Morgan fingerprint density at radius 1 is 1.00 bits per heavy atom. The first-order valence-electron chi connectivity index (χ1n) is 9.41. The fourth-order valence-corrected chi connectivity index (χ4v) is 3.85. The van der Waals surface area contributed by atoms with Gasteiger partial charge in [0.25, 0.3) is 0 Å². The number of nitrogens with zero attached hydrogens (tertiary/aromatic N) is 1. The van der Waals surface area contributed by atoms with Gasteiger partial charge in [-0.05, 0) is 95.9 Å². The van der Waals surface area contributed by atoms with Gasteiger partial charge in [-0.3, -0.25) is 4.99 Å². The molecule has 3 aromatic carbocycles. The minimum atomic E-state index is 0.485. The summed E-state index contributed by atoms with van der Waals surface area (Å²) in [5, 5.41) is 0. The van der Waals surface area contributed by atoms with E-state index in [1.54, 1.807) is 0 Å². The van der Waals surface area contributed by atoms with Crippen molar-refractivity contribution in [3.8, 4) is 11.5 Å². The van der Waals surface area contributed by atoms with Crippen molar-refractivity contribution in [3.05, 3.63) is 84.9 Å². The first kappa shape index (κ1) is 21.8. The van der Waals surface area contributed by atoms with Gasteiger partial charge in [-0.15, -0.1) is 0 Å². The SMILES string of the molecule is CCOc1cc(C=Nc2cc(C)ccc2C)cc(I)c1OCc1ccc(Br)cc1. The molecule has 0 saturated carbocycles. The van der Waals surface area contributed by atoms with Crippen molar-refractivity contribution in [2.75, 3.05) is 6.61 Å². The molecule has 0 amide bonds. The first-order valence-corrected chi connectivity index (χ1v) is 11.3. The molecule has 29 heavy (non-hydrogen) atoms. The lowest BCUT2D eigenvalue weighted by Crippen LogP contribution is -2.02. The quantitative estimate of drug-likeness (QED) is 0.221. The minimum absolute atomic E-state index is 0.485. The van der Waals surface area contributed by atoms with Crippen LogP contribution in [0.5, 0.6) is 11.5 Å². The van der Waals surface area contributed by atoms with Crippen LogP contribution in [0.25, 0.3) is 0 Å². The third-order valence-electron chi connectivity index (χ3n) is 4.35. The van der Waals surface area contributed by atoms with Crippen LogP contribution in [0.15, 0.2) is 64.1 Å². The van der Waals surface area contributed by atoms with E-state index in [1.807, 2.05) is 43.5 Å². The van der Waals surface area contributed by atoms with Gasteiger partial charge in [0.15, 0.2) is 11.5 Å². The average molecular weight is 564 g/mol. The summed E-state index contributed by atoms with van der Waals surface area (Å²) < 4.78 is 14.0. The summed E-state index contributed by atoms with van der Waals surface area (Å²) >= 11 is 5.75. The lowest BCUT2D eigenvalue weighted by molar-refractivity contribution is 0.267. The topological polar surface area (TPSA) is 30.8 Å². The van der Waals surface area contributed by atoms with Gasteiger partial charge in [-0.25, -0.2) is 0 Å². The molecule has 0 aliphatic rings. The molecule has 0 radical (unpaired) electrons. The molecule has 0 heterocycles. The molecule has 0 atom stereocenters. The van der Waals surface area contributed by atoms with Gasteiger partial charge in [0.2, 0.25) is 0 Å². The fourth-order valence-electron chi connectivity index (χ4n) is 2.80. The van der Waals surface area contributed by atoms with Gasteiger partial charge in [-0.2, -0.15) is 0 Å². The molecule has 5 heteroatoms. The van der Waals surface area contributed by atoms with Crippen LogP contribution in [0.2, 0.25) is 0 Å². The van der Waals surface area contributed by atoms with Crippen LogP contribution in [0.3, 0.4) is 0 Å². The predicted molar refractivity (Wildman–Crippen MR) is 132 cm³/mol. The Labute approximate surface area is 194 Å². The number of hydrogen-bond acceptors (Lipinski definition) is 3. The van der Waals surface area contributed by atoms with E-state index in [9.17, 15) is 0 Å². The highest BCUT2D eigenvalue weighted by Gasteiger charge is 2.12. The largest absolute Gasteiger partial charge is 0.490 e. The predicted octanol–water partition coefficient (Wildman–Crippen LogP) is 7.40. The molecule has 3 rings (SSSR count). The maximum atomic E-state index is 6.11. The molecule has 0 N–H and O–H groups in total. The number of aryl methyl sites for hydroxylation is 2. The van der Waals surface area contributed by atoms with Gasteiger partial charge in [0.05, 0.1) is 15.9 Å². The van der Waals surface area contributed by atoms with E-state index in [2.05, 4.69) is 81.6 Å². The molecule has 0 saturated heterocycles. The van der Waals surface area contributed by atoms with E-state index >= 15 is 0 Å². The zero-order valence-corrected chi connectivity index (χ0v) is 20.5. The maximum Gasteiger partial charge on any atom is 0.175 e. The molecule has 3 nitrogen and oxygen atoms in total. The van der Waals surface area contributed by atoms with Crippen LogP contribution in [0, 0.1) is 17.4 Å². The van der Waals surface area contributed by atoms with Crippen LogP contribution in [-0.4, -0.2) is 12.8 Å². The number of ether oxygens (including phenoxy) is 2. The van der Waals surface area contributed by atoms with Crippen LogP contribution in [0.4, 0.5) is 5.69 Å². The zero-order chi connectivity index (χ0) is 20.8. The molecule has 0 aliphatic heterocycles. The summed E-state index contributed by atoms with van der Waals surface area (Å²) in [6, 6.07) is 18.4. The van der Waals surface area contributed by atoms with E-state index in [0.717, 1.165) is 41.9 Å². The first-order chi connectivity index (χ1) is 14.0.